The molecule has 8 nitrogen and oxygen atoms in total. The minimum atomic E-state index is -1.16. The first kappa shape index (κ1) is 21.1. The Balaban J connectivity index is 1.66. The largest absolute Gasteiger partial charge is 0.481 e. The zero-order valence-electron chi connectivity index (χ0n) is 15.8. The number of β-amino-alcohol motifs (C(OH)–C–C–N with tert-alkyl or cyclic N) is 1. The Kier molecular flexibility index (Phi) is 6.71. The summed E-state index contributed by atoms with van der Waals surface area (Å²) in [7, 11) is 1.42. The number of methoxy groups -OCH3 is 1. The average molecular weight is 419 g/mol. The van der Waals surface area contributed by atoms with Gasteiger partial charge < -0.3 is 25.6 Å². The molecule has 0 bridgehead atoms. The van der Waals surface area contributed by atoms with Crippen LogP contribution < -0.4 is 10.6 Å². The lowest BCUT2D eigenvalue weighted by atomic mass is 10.1. The molecule has 1 fully saturated rings. The van der Waals surface area contributed by atoms with Crippen LogP contribution in [-0.2, 0) is 9.53 Å². The Bertz CT molecular complexity index is 860. The molecule has 3 rings (SSSR count). The molecule has 1 saturated heterocycles. The molecule has 1 aliphatic rings. The molecule has 1 heterocycles. The topological polar surface area (TPSA) is 118 Å². The predicted octanol–water partition coefficient (Wildman–Crippen LogP) is 2.07. The third-order valence-corrected chi connectivity index (χ3v) is 4.94. The third kappa shape index (κ3) is 5.24. The van der Waals surface area contributed by atoms with E-state index in [2.05, 4.69) is 10.6 Å². The van der Waals surface area contributed by atoms with Crippen LogP contribution in [0.15, 0.2) is 48.5 Å². The van der Waals surface area contributed by atoms with Gasteiger partial charge >= 0.3 is 0 Å². The summed E-state index contributed by atoms with van der Waals surface area (Å²) in [6.07, 6.45) is -1.68. The van der Waals surface area contributed by atoms with Gasteiger partial charge in [-0.3, -0.25) is 10.2 Å². The highest BCUT2D eigenvalue weighted by Crippen LogP contribution is 2.23. The van der Waals surface area contributed by atoms with Crippen LogP contribution in [0.2, 0.25) is 5.02 Å². The highest BCUT2D eigenvalue weighted by molar-refractivity contribution is 6.30. The van der Waals surface area contributed by atoms with Crippen molar-refractivity contribution >= 4 is 34.8 Å². The van der Waals surface area contributed by atoms with Crippen molar-refractivity contribution in [3.8, 4) is 0 Å². The maximum Gasteiger partial charge on any atom is 0.241 e. The van der Waals surface area contributed by atoms with Crippen molar-refractivity contribution in [1.29, 1.82) is 5.41 Å². The SMILES string of the molecule is COC(=N)c1ccc(NC(=O)[C@H]2C[C@@H](O)CN2C(O)Nc2ccc(Cl)cc2)cc1. The molecule has 1 aliphatic heterocycles. The van der Waals surface area contributed by atoms with Gasteiger partial charge in [0, 0.05) is 28.5 Å². The minimum absolute atomic E-state index is 0.0318. The van der Waals surface area contributed by atoms with E-state index < -0.39 is 18.5 Å². The second kappa shape index (κ2) is 9.23. The molecule has 2 aromatic rings. The van der Waals surface area contributed by atoms with Crippen molar-refractivity contribution < 1.29 is 19.7 Å². The maximum absolute atomic E-state index is 12.8. The average Bonchev–Trinajstić information content (AvgIpc) is 3.12. The highest BCUT2D eigenvalue weighted by Gasteiger charge is 2.39. The Labute approximate surface area is 173 Å². The number of anilines is 2. The zero-order valence-corrected chi connectivity index (χ0v) is 16.6. The molecule has 1 unspecified atom stereocenters. The first-order valence-corrected chi connectivity index (χ1v) is 9.43. The van der Waals surface area contributed by atoms with Gasteiger partial charge in [0.1, 0.15) is 0 Å². The molecule has 0 radical (unpaired) electrons. The summed E-state index contributed by atoms with van der Waals surface area (Å²) in [5, 5.41) is 34.5. The van der Waals surface area contributed by atoms with Crippen molar-refractivity contribution in [1.82, 2.24) is 4.90 Å². The summed E-state index contributed by atoms with van der Waals surface area (Å²) >= 11 is 5.87. The van der Waals surface area contributed by atoms with Crippen LogP contribution >= 0.6 is 11.6 Å². The number of nitrogens with one attached hydrogen (secondary N) is 3. The van der Waals surface area contributed by atoms with E-state index in [0.717, 1.165) is 0 Å². The minimum Gasteiger partial charge on any atom is -0.481 e. The lowest BCUT2D eigenvalue weighted by Gasteiger charge is -2.29. The lowest BCUT2D eigenvalue weighted by Crippen LogP contribution is -2.48. The van der Waals surface area contributed by atoms with Crippen LogP contribution in [0.5, 0.6) is 0 Å². The molecule has 2 aromatic carbocycles. The summed E-state index contributed by atoms with van der Waals surface area (Å²) in [4.78, 5) is 14.3. The van der Waals surface area contributed by atoms with Crippen LogP contribution in [0, 0.1) is 5.41 Å². The fraction of sp³-hybridized carbons (Fsp3) is 0.300. The number of carbonyl (C=O) groups excluding carboxylic acids is 1. The number of ether oxygens (including phenoxy) is 1. The molecule has 3 atom stereocenters. The molecular weight excluding hydrogens is 396 g/mol. The van der Waals surface area contributed by atoms with Gasteiger partial charge in [-0.2, -0.15) is 0 Å². The normalized spacial score (nSPS) is 20.1. The molecule has 154 valence electrons. The number of benzene rings is 2. The summed E-state index contributed by atoms with van der Waals surface area (Å²) in [6, 6.07) is 12.8. The Morgan fingerprint density at radius 2 is 1.83 bits per heavy atom. The Hall–Kier alpha value is -2.65. The summed E-state index contributed by atoms with van der Waals surface area (Å²) < 4.78 is 4.87. The molecule has 9 heteroatoms. The second-order valence-electron chi connectivity index (χ2n) is 6.73. The molecule has 0 spiro atoms. The van der Waals surface area contributed by atoms with Crippen LogP contribution in [0.1, 0.15) is 12.0 Å². The van der Waals surface area contributed by atoms with E-state index in [1.165, 1.54) is 12.0 Å². The van der Waals surface area contributed by atoms with E-state index in [1.807, 2.05) is 0 Å². The monoisotopic (exact) mass is 418 g/mol. The summed E-state index contributed by atoms with van der Waals surface area (Å²) in [5.74, 6) is -0.308. The van der Waals surface area contributed by atoms with Gasteiger partial charge in [0.2, 0.25) is 11.8 Å². The fourth-order valence-electron chi connectivity index (χ4n) is 3.19. The van der Waals surface area contributed by atoms with Gasteiger partial charge in [-0.05, 0) is 55.0 Å². The zero-order chi connectivity index (χ0) is 21.0. The van der Waals surface area contributed by atoms with Gasteiger partial charge in [0.15, 0.2) is 6.35 Å². The molecule has 0 aliphatic carbocycles. The van der Waals surface area contributed by atoms with Gasteiger partial charge in [-0.1, -0.05) is 11.6 Å². The van der Waals surface area contributed by atoms with Crippen molar-refractivity contribution in [2.75, 3.05) is 24.3 Å². The quantitative estimate of drug-likeness (QED) is 0.278. The van der Waals surface area contributed by atoms with Crippen LogP contribution in [0.4, 0.5) is 11.4 Å². The lowest BCUT2D eigenvalue weighted by molar-refractivity contribution is -0.123. The Morgan fingerprint density at radius 3 is 2.45 bits per heavy atom. The first-order chi connectivity index (χ1) is 13.9. The van der Waals surface area contributed by atoms with E-state index in [1.54, 1.807) is 48.5 Å². The number of rotatable bonds is 6. The summed E-state index contributed by atoms with van der Waals surface area (Å²) in [5.41, 5.74) is 1.77. The molecular formula is C20H23ClN4O4. The number of likely N-dealkylation sites (tertiary alicyclic amines) is 1. The van der Waals surface area contributed by atoms with Crippen molar-refractivity contribution in [2.45, 2.75) is 24.9 Å². The van der Waals surface area contributed by atoms with E-state index in [0.29, 0.717) is 22.0 Å². The smallest absolute Gasteiger partial charge is 0.241 e. The van der Waals surface area contributed by atoms with Crippen LogP contribution in [0.25, 0.3) is 0 Å². The molecule has 0 saturated carbocycles. The Morgan fingerprint density at radius 1 is 1.21 bits per heavy atom. The number of halogens is 1. The van der Waals surface area contributed by atoms with Gasteiger partial charge in [0.05, 0.1) is 19.3 Å². The van der Waals surface area contributed by atoms with E-state index in [-0.39, 0.29) is 24.8 Å². The first-order valence-electron chi connectivity index (χ1n) is 9.05. The number of hydrogen-bond donors (Lipinski definition) is 5. The second-order valence-corrected chi connectivity index (χ2v) is 7.16. The van der Waals surface area contributed by atoms with Crippen molar-refractivity contribution in [3.05, 3.63) is 59.1 Å². The molecule has 29 heavy (non-hydrogen) atoms. The van der Waals surface area contributed by atoms with Gasteiger partial charge in [0.25, 0.3) is 0 Å². The number of aliphatic hydroxyl groups excluding tert-OH is 2. The van der Waals surface area contributed by atoms with E-state index in [9.17, 15) is 15.0 Å². The number of nitrogens with zero attached hydrogens (tertiary/aromatic N) is 1. The van der Waals surface area contributed by atoms with Crippen molar-refractivity contribution in [2.24, 2.45) is 0 Å². The van der Waals surface area contributed by atoms with Crippen LogP contribution in [0.3, 0.4) is 0 Å². The molecule has 0 aromatic heterocycles. The van der Waals surface area contributed by atoms with Gasteiger partial charge in [-0.25, -0.2) is 4.90 Å². The van der Waals surface area contributed by atoms with E-state index in [4.69, 9.17) is 21.7 Å². The summed E-state index contributed by atoms with van der Waals surface area (Å²) in [6.45, 7) is 0.157. The third-order valence-electron chi connectivity index (χ3n) is 4.69. The number of hydrogen-bond acceptors (Lipinski definition) is 7. The molecule has 1 amide bonds. The van der Waals surface area contributed by atoms with Crippen molar-refractivity contribution in [3.63, 3.8) is 0 Å². The van der Waals surface area contributed by atoms with Gasteiger partial charge in [-0.15, -0.1) is 0 Å². The predicted molar refractivity (Wildman–Crippen MR) is 111 cm³/mol. The molecule has 5 N–H and O–H groups in total. The maximum atomic E-state index is 12.8. The number of amides is 1. The highest BCUT2D eigenvalue weighted by atomic mass is 35.5. The van der Waals surface area contributed by atoms with E-state index >= 15 is 0 Å². The van der Waals surface area contributed by atoms with Crippen LogP contribution in [-0.4, -0.2) is 59.1 Å². The fourth-order valence-corrected chi connectivity index (χ4v) is 3.32. The number of carbonyl (C=O) groups is 1. The standard InChI is InChI=1S/C20H23ClN4O4/c1-29-18(22)12-2-6-14(7-3-12)23-19(27)17-10-16(26)11-25(17)20(28)24-15-8-4-13(21)5-9-15/h2-9,16-17,20,22,24,26,28H,10-11H2,1H3,(H,23,27)/t16-,17-,20?/m1/s1. The number of aliphatic hydroxyl groups is 2.